The summed E-state index contributed by atoms with van der Waals surface area (Å²) >= 11 is 3.47. The number of aromatic nitrogens is 1. The number of hydrogen-bond donors (Lipinski definition) is 0. The number of Topliss-reactive ketones (excluding diaryl/α,β-unsaturated/α-hetero) is 1. The van der Waals surface area contributed by atoms with Crippen molar-refractivity contribution in [1.29, 1.82) is 0 Å². The maximum absolute atomic E-state index is 13.4. The number of nitrogens with zero attached hydrogens (tertiary/aromatic N) is 2. The molecular weight excluding hydrogens is 596 g/mol. The van der Waals surface area contributed by atoms with Crippen LogP contribution in [0.15, 0.2) is 83.3 Å². The Hall–Kier alpha value is -4.17. The Morgan fingerprint density at radius 1 is 0.929 bits per heavy atom. The van der Waals surface area contributed by atoms with Gasteiger partial charge in [-0.25, -0.2) is 9.78 Å². The number of halogens is 1. The number of hydrogen-bond acceptors (Lipinski definition) is 6. The lowest BCUT2D eigenvalue weighted by atomic mass is 9.76. The molecule has 42 heavy (non-hydrogen) atoms. The molecule has 7 nitrogen and oxygen atoms in total. The molecule has 1 saturated heterocycles. The van der Waals surface area contributed by atoms with Gasteiger partial charge < -0.3 is 4.74 Å². The molecule has 0 spiro atoms. The zero-order valence-electron chi connectivity index (χ0n) is 23.2. The number of imide groups is 1. The van der Waals surface area contributed by atoms with Crippen molar-refractivity contribution in [3.63, 3.8) is 0 Å². The predicted octanol–water partition coefficient (Wildman–Crippen LogP) is 7.02. The van der Waals surface area contributed by atoms with Gasteiger partial charge in [0.2, 0.25) is 17.6 Å². The number of ether oxygens (including phenoxy) is 1. The molecule has 1 aromatic heterocycles. The fourth-order valence-electron chi connectivity index (χ4n) is 6.05. The Bertz CT molecular complexity index is 1720. The Morgan fingerprint density at radius 2 is 1.64 bits per heavy atom. The van der Waals surface area contributed by atoms with Crippen molar-refractivity contribution in [3.8, 4) is 11.3 Å². The summed E-state index contributed by atoms with van der Waals surface area (Å²) in [5.41, 5.74) is 3.08. The van der Waals surface area contributed by atoms with E-state index in [1.54, 1.807) is 73.7 Å². The molecule has 0 N–H and O–H groups in total. The summed E-state index contributed by atoms with van der Waals surface area (Å²) in [7, 11) is 0. The van der Waals surface area contributed by atoms with Crippen molar-refractivity contribution in [1.82, 2.24) is 4.98 Å². The van der Waals surface area contributed by atoms with Crippen LogP contribution < -0.4 is 4.90 Å². The van der Waals surface area contributed by atoms with Gasteiger partial charge >= 0.3 is 5.97 Å². The zero-order chi connectivity index (χ0) is 29.5. The van der Waals surface area contributed by atoms with Crippen LogP contribution >= 0.6 is 15.9 Å². The minimum absolute atomic E-state index is 0.122. The molecule has 0 radical (unpaired) electrons. The van der Waals surface area contributed by atoms with E-state index in [2.05, 4.69) is 22.9 Å². The molecule has 3 aromatic carbocycles. The number of benzene rings is 3. The van der Waals surface area contributed by atoms with Gasteiger partial charge in [0.15, 0.2) is 6.10 Å². The molecule has 0 bridgehead atoms. The average Bonchev–Trinajstić information content (AvgIpc) is 3.25. The number of carbonyl (C=O) groups excluding carboxylic acids is 4. The molecule has 2 heterocycles. The SMILES string of the molecule is CC1CCC2C(=O)N(c3ccc(-c4cc(C(=O)OC(C)C(=O)c5ccccc5)c5cc(Br)ccc5n4)cc3)C(=O)C2C1. The molecule has 1 saturated carbocycles. The van der Waals surface area contributed by atoms with Crippen molar-refractivity contribution in [2.24, 2.45) is 17.8 Å². The predicted molar refractivity (Wildman–Crippen MR) is 163 cm³/mol. The van der Waals surface area contributed by atoms with E-state index in [1.165, 1.54) is 4.90 Å². The second-order valence-electron chi connectivity index (χ2n) is 11.2. The summed E-state index contributed by atoms with van der Waals surface area (Å²) in [6, 6.07) is 22.9. The third kappa shape index (κ3) is 5.15. The van der Waals surface area contributed by atoms with Crippen LogP contribution in [0.3, 0.4) is 0 Å². The van der Waals surface area contributed by atoms with E-state index in [0.717, 1.165) is 23.7 Å². The summed E-state index contributed by atoms with van der Waals surface area (Å²) < 4.78 is 6.41. The average molecular weight is 626 g/mol. The van der Waals surface area contributed by atoms with Crippen LogP contribution in [0, 0.1) is 17.8 Å². The summed E-state index contributed by atoms with van der Waals surface area (Å²) in [5, 5.41) is 0.583. The Morgan fingerprint density at radius 3 is 2.38 bits per heavy atom. The van der Waals surface area contributed by atoms with E-state index in [4.69, 9.17) is 9.72 Å². The normalized spacial score (nSPS) is 20.8. The first-order chi connectivity index (χ1) is 20.2. The lowest BCUT2D eigenvalue weighted by Gasteiger charge is -2.25. The number of amides is 2. The number of ketones is 1. The fraction of sp³-hybridized carbons (Fsp3) is 0.265. The quantitative estimate of drug-likeness (QED) is 0.130. The van der Waals surface area contributed by atoms with Crippen molar-refractivity contribution in [3.05, 3.63) is 94.5 Å². The van der Waals surface area contributed by atoms with E-state index in [-0.39, 0.29) is 35.0 Å². The zero-order valence-corrected chi connectivity index (χ0v) is 24.8. The first kappa shape index (κ1) is 28.0. The maximum atomic E-state index is 13.4. The first-order valence-corrected chi connectivity index (χ1v) is 14.9. The molecule has 2 aliphatic rings. The third-order valence-electron chi connectivity index (χ3n) is 8.31. The number of carbonyl (C=O) groups is 4. The summed E-state index contributed by atoms with van der Waals surface area (Å²) in [6.07, 6.45) is 1.47. The van der Waals surface area contributed by atoms with Gasteiger partial charge in [0.25, 0.3) is 0 Å². The molecule has 2 amide bonds. The molecule has 4 atom stereocenters. The molecule has 4 unspecified atom stereocenters. The van der Waals surface area contributed by atoms with Crippen LogP contribution in [0.5, 0.6) is 0 Å². The van der Waals surface area contributed by atoms with Crippen molar-refractivity contribution < 1.29 is 23.9 Å². The molecule has 8 heteroatoms. The molecule has 6 rings (SSSR count). The number of esters is 1. The smallest absolute Gasteiger partial charge is 0.339 e. The third-order valence-corrected chi connectivity index (χ3v) is 8.80. The van der Waals surface area contributed by atoms with E-state index in [1.807, 2.05) is 12.1 Å². The van der Waals surface area contributed by atoms with Gasteiger partial charge in [-0.05, 0) is 68.5 Å². The number of rotatable bonds is 6. The van der Waals surface area contributed by atoms with Crippen molar-refractivity contribution in [2.75, 3.05) is 4.90 Å². The Labute approximate surface area is 252 Å². The van der Waals surface area contributed by atoms with E-state index in [0.29, 0.717) is 39.3 Å². The molecular formula is C34H29BrN2O5. The second-order valence-corrected chi connectivity index (χ2v) is 12.1. The molecule has 1 aliphatic heterocycles. The van der Waals surface area contributed by atoms with Gasteiger partial charge in [0, 0.05) is 21.0 Å². The lowest BCUT2D eigenvalue weighted by molar-refractivity contribution is -0.122. The van der Waals surface area contributed by atoms with Crippen LogP contribution in [0.25, 0.3) is 22.2 Å². The Balaban J connectivity index is 1.30. The van der Waals surface area contributed by atoms with Gasteiger partial charge in [-0.3, -0.25) is 19.3 Å². The van der Waals surface area contributed by atoms with Gasteiger partial charge in [-0.15, -0.1) is 0 Å². The second kappa shape index (κ2) is 11.2. The topological polar surface area (TPSA) is 93.6 Å². The van der Waals surface area contributed by atoms with Crippen molar-refractivity contribution in [2.45, 2.75) is 39.2 Å². The fourth-order valence-corrected chi connectivity index (χ4v) is 6.42. The highest BCUT2D eigenvalue weighted by Gasteiger charge is 2.49. The molecule has 4 aromatic rings. The number of fused-ring (bicyclic) bond motifs is 2. The van der Waals surface area contributed by atoms with Crippen molar-refractivity contribution >= 4 is 56.1 Å². The number of pyridine rings is 1. The summed E-state index contributed by atoms with van der Waals surface area (Å²) in [5.74, 6) is -1.22. The van der Waals surface area contributed by atoms with Crippen LogP contribution in [-0.4, -0.2) is 34.7 Å². The summed E-state index contributed by atoms with van der Waals surface area (Å²) in [6.45, 7) is 3.69. The van der Waals surface area contributed by atoms with E-state index >= 15 is 0 Å². The lowest BCUT2D eigenvalue weighted by Crippen LogP contribution is -2.30. The largest absolute Gasteiger partial charge is 0.451 e. The maximum Gasteiger partial charge on any atom is 0.339 e. The molecule has 1 aliphatic carbocycles. The minimum atomic E-state index is -0.986. The van der Waals surface area contributed by atoms with Crippen LogP contribution in [0.2, 0.25) is 0 Å². The van der Waals surface area contributed by atoms with Crippen LogP contribution in [-0.2, 0) is 14.3 Å². The Kier molecular flexibility index (Phi) is 7.49. The highest BCUT2D eigenvalue weighted by Crippen LogP contribution is 2.42. The first-order valence-electron chi connectivity index (χ1n) is 14.1. The summed E-state index contributed by atoms with van der Waals surface area (Å²) in [4.78, 5) is 58.7. The van der Waals surface area contributed by atoms with Gasteiger partial charge in [-0.2, -0.15) is 0 Å². The van der Waals surface area contributed by atoms with E-state index in [9.17, 15) is 19.2 Å². The van der Waals surface area contributed by atoms with Gasteiger partial charge in [0.1, 0.15) is 0 Å². The number of anilines is 1. The monoisotopic (exact) mass is 624 g/mol. The van der Waals surface area contributed by atoms with Gasteiger partial charge in [-0.1, -0.05) is 65.3 Å². The van der Waals surface area contributed by atoms with Crippen LogP contribution in [0.4, 0.5) is 5.69 Å². The highest BCUT2D eigenvalue weighted by atomic mass is 79.9. The van der Waals surface area contributed by atoms with Crippen LogP contribution in [0.1, 0.15) is 53.8 Å². The van der Waals surface area contributed by atoms with Gasteiger partial charge in [0.05, 0.1) is 34.3 Å². The van der Waals surface area contributed by atoms with E-state index < -0.39 is 12.1 Å². The molecule has 212 valence electrons. The standard InChI is InChI=1S/C34H29BrN2O5/c1-19-8-14-25-27(16-19)33(40)37(32(25)39)24-12-9-21(10-13-24)30-18-28(26-17-23(35)11-15-29(26)36-30)34(41)42-20(2)31(38)22-6-4-3-5-7-22/h3-7,9-13,15,17-20,25,27H,8,14,16H2,1-2H3. The minimum Gasteiger partial charge on any atom is -0.451 e. The highest BCUT2D eigenvalue weighted by molar-refractivity contribution is 9.10. The molecule has 2 fully saturated rings.